The fourth-order valence-corrected chi connectivity index (χ4v) is 2.95. The molecule has 96 valence electrons. The van der Waals surface area contributed by atoms with Gasteiger partial charge in [0.05, 0.1) is 23.0 Å². The molecule has 1 aromatic heterocycles. The number of nitrogens with zero attached hydrogens (tertiary/aromatic N) is 2. The minimum absolute atomic E-state index is 0.0811. The quantitative estimate of drug-likeness (QED) is 0.876. The van der Waals surface area contributed by atoms with E-state index in [1.165, 1.54) is 0 Å². The summed E-state index contributed by atoms with van der Waals surface area (Å²) in [6.07, 6.45) is 0. The highest BCUT2D eigenvalue weighted by Crippen LogP contribution is 2.28. The zero-order valence-corrected chi connectivity index (χ0v) is 11.9. The van der Waals surface area contributed by atoms with Crippen LogP contribution in [-0.4, -0.2) is 14.9 Å². The number of aliphatic hydroxyl groups excluding tert-OH is 1. The zero-order chi connectivity index (χ0) is 13.1. The lowest BCUT2D eigenvalue weighted by molar-refractivity contribution is 0.282. The minimum atomic E-state index is 0.0811. The van der Waals surface area contributed by atoms with Crippen LogP contribution in [0.15, 0.2) is 29.2 Å². The van der Waals surface area contributed by atoms with Crippen molar-refractivity contribution in [3.8, 4) is 0 Å². The molecule has 3 nitrogen and oxygen atoms in total. The van der Waals surface area contributed by atoms with E-state index in [1.807, 2.05) is 42.9 Å². The number of halogens is 1. The van der Waals surface area contributed by atoms with Crippen molar-refractivity contribution < 1.29 is 5.11 Å². The first-order valence-electron chi connectivity index (χ1n) is 5.62. The molecule has 0 atom stereocenters. The van der Waals surface area contributed by atoms with Crippen molar-refractivity contribution in [2.24, 2.45) is 7.05 Å². The topological polar surface area (TPSA) is 38.0 Å². The molecule has 0 saturated carbocycles. The fraction of sp³-hybridized carbons (Fsp3) is 0.308. The van der Waals surface area contributed by atoms with Gasteiger partial charge in [0.15, 0.2) is 0 Å². The average molecular weight is 283 g/mol. The largest absolute Gasteiger partial charge is 0.392 e. The summed E-state index contributed by atoms with van der Waals surface area (Å²) < 4.78 is 1.83. The van der Waals surface area contributed by atoms with Gasteiger partial charge in [-0.2, -0.15) is 5.10 Å². The Morgan fingerprint density at radius 2 is 2.00 bits per heavy atom. The molecule has 1 heterocycles. The molecule has 2 aromatic rings. The van der Waals surface area contributed by atoms with Gasteiger partial charge in [-0.1, -0.05) is 23.7 Å². The third-order valence-corrected chi connectivity index (χ3v) is 4.26. The SMILES string of the molecule is Cc1nn(C)c(CSc2ccc(CO)cc2)c1Cl. The first-order valence-corrected chi connectivity index (χ1v) is 6.98. The molecular formula is C13H15ClN2OS. The molecule has 0 aliphatic rings. The molecule has 18 heavy (non-hydrogen) atoms. The number of hydrogen-bond donors (Lipinski definition) is 1. The Morgan fingerprint density at radius 1 is 1.33 bits per heavy atom. The molecule has 0 spiro atoms. The van der Waals surface area contributed by atoms with Crippen LogP contribution in [0.2, 0.25) is 5.02 Å². The summed E-state index contributed by atoms with van der Waals surface area (Å²) in [4.78, 5) is 1.15. The van der Waals surface area contributed by atoms with E-state index in [9.17, 15) is 0 Å². The van der Waals surface area contributed by atoms with E-state index >= 15 is 0 Å². The van der Waals surface area contributed by atoms with Gasteiger partial charge in [-0.25, -0.2) is 0 Å². The third-order valence-electron chi connectivity index (χ3n) is 2.74. The van der Waals surface area contributed by atoms with E-state index in [2.05, 4.69) is 5.10 Å². The van der Waals surface area contributed by atoms with E-state index in [-0.39, 0.29) is 6.61 Å². The molecule has 0 bridgehead atoms. The highest BCUT2D eigenvalue weighted by atomic mass is 35.5. The highest BCUT2D eigenvalue weighted by Gasteiger charge is 2.11. The van der Waals surface area contributed by atoms with Crippen LogP contribution in [0.5, 0.6) is 0 Å². The summed E-state index contributed by atoms with van der Waals surface area (Å²) in [5.41, 5.74) is 2.82. The first kappa shape index (κ1) is 13.5. The Morgan fingerprint density at radius 3 is 2.50 bits per heavy atom. The van der Waals surface area contributed by atoms with Crippen molar-refractivity contribution in [2.45, 2.75) is 24.2 Å². The number of aryl methyl sites for hydroxylation is 2. The molecule has 5 heteroatoms. The number of aromatic nitrogens is 2. The maximum Gasteiger partial charge on any atom is 0.0855 e. The zero-order valence-electron chi connectivity index (χ0n) is 10.4. The van der Waals surface area contributed by atoms with Gasteiger partial charge < -0.3 is 5.11 Å². The van der Waals surface area contributed by atoms with Gasteiger partial charge in [0.1, 0.15) is 0 Å². The maximum absolute atomic E-state index is 8.98. The van der Waals surface area contributed by atoms with Crippen molar-refractivity contribution in [2.75, 3.05) is 0 Å². The van der Waals surface area contributed by atoms with Crippen LogP contribution >= 0.6 is 23.4 Å². The maximum atomic E-state index is 8.98. The Labute approximate surface area is 116 Å². The summed E-state index contributed by atoms with van der Waals surface area (Å²) in [7, 11) is 1.91. The van der Waals surface area contributed by atoms with Gasteiger partial charge in [0.25, 0.3) is 0 Å². The van der Waals surface area contributed by atoms with Crippen LogP contribution in [0.1, 0.15) is 17.0 Å². The molecule has 0 fully saturated rings. The second-order valence-electron chi connectivity index (χ2n) is 4.06. The smallest absolute Gasteiger partial charge is 0.0855 e. The van der Waals surface area contributed by atoms with E-state index in [1.54, 1.807) is 11.8 Å². The van der Waals surface area contributed by atoms with Crippen LogP contribution in [-0.2, 0) is 19.4 Å². The van der Waals surface area contributed by atoms with Crippen molar-refractivity contribution in [1.29, 1.82) is 0 Å². The lowest BCUT2D eigenvalue weighted by Gasteiger charge is -2.04. The summed E-state index contributed by atoms with van der Waals surface area (Å²) in [6, 6.07) is 7.87. The van der Waals surface area contributed by atoms with Crippen LogP contribution in [0.3, 0.4) is 0 Å². The molecular weight excluding hydrogens is 268 g/mol. The van der Waals surface area contributed by atoms with Crippen LogP contribution in [0.4, 0.5) is 0 Å². The Bertz CT molecular complexity index is 537. The van der Waals surface area contributed by atoms with Crippen LogP contribution < -0.4 is 0 Å². The molecule has 1 N–H and O–H groups in total. The predicted molar refractivity (Wildman–Crippen MR) is 74.9 cm³/mol. The van der Waals surface area contributed by atoms with Gasteiger partial charge in [-0.15, -0.1) is 11.8 Å². The molecule has 2 rings (SSSR count). The van der Waals surface area contributed by atoms with E-state index in [0.717, 1.165) is 32.6 Å². The molecule has 0 amide bonds. The molecule has 1 aromatic carbocycles. The summed E-state index contributed by atoms with van der Waals surface area (Å²) in [6.45, 7) is 1.99. The van der Waals surface area contributed by atoms with Crippen LogP contribution in [0, 0.1) is 6.92 Å². The Hall–Kier alpha value is -0.970. The van der Waals surface area contributed by atoms with Gasteiger partial charge in [0.2, 0.25) is 0 Å². The van der Waals surface area contributed by atoms with Crippen molar-refractivity contribution >= 4 is 23.4 Å². The third kappa shape index (κ3) is 2.88. The van der Waals surface area contributed by atoms with Gasteiger partial charge in [-0.3, -0.25) is 4.68 Å². The number of hydrogen-bond acceptors (Lipinski definition) is 3. The highest BCUT2D eigenvalue weighted by molar-refractivity contribution is 7.98. The molecule has 0 aliphatic carbocycles. The molecule has 0 radical (unpaired) electrons. The monoisotopic (exact) mass is 282 g/mol. The Kier molecular flexibility index (Phi) is 4.32. The van der Waals surface area contributed by atoms with Gasteiger partial charge in [0, 0.05) is 17.7 Å². The second kappa shape index (κ2) is 5.78. The summed E-state index contributed by atoms with van der Waals surface area (Å²) in [5.74, 6) is 0.786. The lowest BCUT2D eigenvalue weighted by Crippen LogP contribution is -1.96. The van der Waals surface area contributed by atoms with E-state index < -0.39 is 0 Å². The lowest BCUT2D eigenvalue weighted by atomic mass is 10.2. The fourth-order valence-electron chi connectivity index (χ4n) is 1.68. The minimum Gasteiger partial charge on any atom is -0.392 e. The second-order valence-corrected chi connectivity index (χ2v) is 5.49. The number of rotatable bonds is 4. The van der Waals surface area contributed by atoms with E-state index in [4.69, 9.17) is 16.7 Å². The normalized spacial score (nSPS) is 10.9. The molecule has 0 unspecified atom stereocenters. The first-order chi connectivity index (χ1) is 8.61. The number of aliphatic hydroxyl groups is 1. The van der Waals surface area contributed by atoms with Gasteiger partial charge >= 0.3 is 0 Å². The average Bonchev–Trinajstić information content (AvgIpc) is 2.62. The summed E-state index contributed by atoms with van der Waals surface area (Å²) >= 11 is 7.91. The molecule has 0 saturated heterocycles. The molecule has 0 aliphatic heterocycles. The number of thioether (sulfide) groups is 1. The Balaban J connectivity index is 2.06. The van der Waals surface area contributed by atoms with E-state index in [0.29, 0.717) is 0 Å². The van der Waals surface area contributed by atoms with Crippen molar-refractivity contribution in [3.63, 3.8) is 0 Å². The summed E-state index contributed by atoms with van der Waals surface area (Å²) in [5, 5.41) is 14.0. The van der Waals surface area contributed by atoms with Crippen molar-refractivity contribution in [1.82, 2.24) is 9.78 Å². The van der Waals surface area contributed by atoms with Crippen LogP contribution in [0.25, 0.3) is 0 Å². The standard InChI is InChI=1S/C13H15ClN2OS/c1-9-13(14)12(16(2)15-9)8-18-11-5-3-10(7-17)4-6-11/h3-6,17H,7-8H2,1-2H3. The number of benzene rings is 1. The van der Waals surface area contributed by atoms with Crippen molar-refractivity contribution in [3.05, 3.63) is 46.2 Å². The van der Waals surface area contributed by atoms with Gasteiger partial charge in [-0.05, 0) is 24.6 Å². The predicted octanol–water partition coefficient (Wildman–Crippen LogP) is 3.17.